The summed E-state index contributed by atoms with van der Waals surface area (Å²) >= 11 is 1.83. The Kier molecular flexibility index (Phi) is 8.26. The standard InChI is InChI=1S/C13H24N2OS/c1-3-16-11-10-15(2)9-8-14-7-6-13-5-4-12-17-13/h4-5,12,14H,3,6-11H2,1-2H3. The number of hydrogen-bond acceptors (Lipinski definition) is 4. The average Bonchev–Trinajstić information content (AvgIpc) is 2.82. The van der Waals surface area contributed by atoms with Gasteiger partial charge in [-0.1, -0.05) is 6.07 Å². The molecular formula is C13H24N2OS. The van der Waals surface area contributed by atoms with Crippen LogP contribution in [0.3, 0.4) is 0 Å². The Bertz CT molecular complexity index is 264. The Morgan fingerprint density at radius 2 is 2.24 bits per heavy atom. The minimum atomic E-state index is 0.812. The molecule has 0 saturated carbocycles. The first-order chi connectivity index (χ1) is 8.33. The van der Waals surface area contributed by atoms with E-state index in [-0.39, 0.29) is 0 Å². The fourth-order valence-corrected chi connectivity index (χ4v) is 2.25. The number of likely N-dealkylation sites (N-methyl/N-ethyl adjacent to an activating group) is 1. The second-order valence-electron chi connectivity index (χ2n) is 4.08. The normalized spacial score (nSPS) is 11.2. The van der Waals surface area contributed by atoms with E-state index >= 15 is 0 Å². The van der Waals surface area contributed by atoms with Crippen molar-refractivity contribution in [2.75, 3.05) is 46.4 Å². The van der Waals surface area contributed by atoms with Gasteiger partial charge in [0.25, 0.3) is 0 Å². The molecule has 1 aromatic heterocycles. The number of rotatable bonds is 10. The molecule has 0 saturated heterocycles. The van der Waals surface area contributed by atoms with Crippen LogP contribution in [0.2, 0.25) is 0 Å². The van der Waals surface area contributed by atoms with Gasteiger partial charge in [0.2, 0.25) is 0 Å². The van der Waals surface area contributed by atoms with E-state index in [1.54, 1.807) is 0 Å². The molecule has 0 bridgehead atoms. The lowest BCUT2D eigenvalue weighted by atomic mass is 10.3. The predicted molar refractivity (Wildman–Crippen MR) is 74.9 cm³/mol. The van der Waals surface area contributed by atoms with Crippen molar-refractivity contribution in [2.45, 2.75) is 13.3 Å². The van der Waals surface area contributed by atoms with Gasteiger partial charge in [-0.3, -0.25) is 0 Å². The van der Waals surface area contributed by atoms with Crippen molar-refractivity contribution in [1.82, 2.24) is 10.2 Å². The first-order valence-corrected chi connectivity index (χ1v) is 7.20. The summed E-state index contributed by atoms with van der Waals surface area (Å²) in [6.07, 6.45) is 1.14. The monoisotopic (exact) mass is 256 g/mol. The van der Waals surface area contributed by atoms with Crippen LogP contribution in [0.5, 0.6) is 0 Å². The zero-order valence-electron chi connectivity index (χ0n) is 10.9. The number of ether oxygens (including phenoxy) is 1. The smallest absolute Gasteiger partial charge is 0.0593 e. The van der Waals surface area contributed by atoms with E-state index in [0.29, 0.717) is 0 Å². The molecule has 0 atom stereocenters. The molecule has 0 radical (unpaired) electrons. The SMILES string of the molecule is CCOCCN(C)CCNCCc1cccs1. The van der Waals surface area contributed by atoms with Crippen LogP contribution < -0.4 is 5.32 Å². The second kappa shape index (κ2) is 9.59. The van der Waals surface area contributed by atoms with Crippen LogP contribution in [-0.4, -0.2) is 51.3 Å². The molecule has 1 aromatic rings. The zero-order chi connectivity index (χ0) is 12.3. The van der Waals surface area contributed by atoms with Crippen LogP contribution in [0.15, 0.2) is 17.5 Å². The molecule has 0 aromatic carbocycles. The molecule has 17 heavy (non-hydrogen) atoms. The fourth-order valence-electron chi connectivity index (χ4n) is 1.54. The molecule has 0 unspecified atom stereocenters. The highest BCUT2D eigenvalue weighted by Crippen LogP contribution is 2.07. The summed E-state index contributed by atoms with van der Waals surface area (Å²) in [5.41, 5.74) is 0. The highest BCUT2D eigenvalue weighted by atomic mass is 32.1. The van der Waals surface area contributed by atoms with Gasteiger partial charge in [0, 0.05) is 37.7 Å². The third kappa shape index (κ3) is 7.49. The Morgan fingerprint density at radius 1 is 1.35 bits per heavy atom. The predicted octanol–water partition coefficient (Wildman–Crippen LogP) is 1.85. The van der Waals surface area contributed by atoms with Crippen molar-refractivity contribution in [3.63, 3.8) is 0 Å². The minimum absolute atomic E-state index is 0.812. The molecule has 0 aliphatic rings. The molecule has 0 spiro atoms. The summed E-state index contributed by atoms with van der Waals surface area (Å²) in [5, 5.41) is 5.60. The van der Waals surface area contributed by atoms with Gasteiger partial charge in [0.1, 0.15) is 0 Å². The van der Waals surface area contributed by atoms with Crippen LogP contribution in [0.1, 0.15) is 11.8 Å². The van der Waals surface area contributed by atoms with Crippen molar-refractivity contribution in [3.8, 4) is 0 Å². The first-order valence-electron chi connectivity index (χ1n) is 6.32. The van der Waals surface area contributed by atoms with E-state index in [1.165, 1.54) is 4.88 Å². The van der Waals surface area contributed by atoms with Crippen molar-refractivity contribution in [1.29, 1.82) is 0 Å². The van der Waals surface area contributed by atoms with E-state index in [0.717, 1.165) is 45.8 Å². The highest BCUT2D eigenvalue weighted by Gasteiger charge is 1.98. The van der Waals surface area contributed by atoms with Gasteiger partial charge in [-0.2, -0.15) is 0 Å². The number of nitrogens with zero attached hydrogens (tertiary/aromatic N) is 1. The molecule has 0 fully saturated rings. The van der Waals surface area contributed by atoms with Gasteiger partial charge in [0.15, 0.2) is 0 Å². The number of thiophene rings is 1. The Balaban J connectivity index is 1.89. The Morgan fingerprint density at radius 3 is 2.94 bits per heavy atom. The fraction of sp³-hybridized carbons (Fsp3) is 0.692. The lowest BCUT2D eigenvalue weighted by molar-refractivity contribution is 0.122. The molecule has 3 nitrogen and oxygen atoms in total. The highest BCUT2D eigenvalue weighted by molar-refractivity contribution is 7.09. The molecule has 1 heterocycles. The molecule has 0 aliphatic heterocycles. The van der Waals surface area contributed by atoms with Gasteiger partial charge in [-0.15, -0.1) is 11.3 Å². The molecule has 98 valence electrons. The molecule has 1 N–H and O–H groups in total. The summed E-state index contributed by atoms with van der Waals surface area (Å²) in [5.74, 6) is 0. The molecule has 4 heteroatoms. The Hall–Kier alpha value is -0.420. The summed E-state index contributed by atoms with van der Waals surface area (Å²) < 4.78 is 5.32. The summed E-state index contributed by atoms with van der Waals surface area (Å²) in [6.45, 7) is 7.90. The summed E-state index contributed by atoms with van der Waals surface area (Å²) in [7, 11) is 2.14. The van der Waals surface area contributed by atoms with E-state index in [2.05, 4.69) is 34.8 Å². The largest absolute Gasteiger partial charge is 0.380 e. The molecular weight excluding hydrogens is 232 g/mol. The quantitative estimate of drug-likeness (QED) is 0.647. The maximum atomic E-state index is 5.32. The molecule has 1 rings (SSSR count). The van der Waals surface area contributed by atoms with Gasteiger partial charge in [0.05, 0.1) is 6.61 Å². The average molecular weight is 256 g/mol. The Labute approximate surface area is 109 Å². The lowest BCUT2D eigenvalue weighted by Crippen LogP contribution is -2.32. The van der Waals surface area contributed by atoms with Crippen molar-refractivity contribution in [3.05, 3.63) is 22.4 Å². The topological polar surface area (TPSA) is 24.5 Å². The van der Waals surface area contributed by atoms with Crippen molar-refractivity contribution in [2.24, 2.45) is 0 Å². The summed E-state index contributed by atoms with van der Waals surface area (Å²) in [6, 6.07) is 4.31. The molecule has 0 amide bonds. The van der Waals surface area contributed by atoms with Gasteiger partial charge in [-0.25, -0.2) is 0 Å². The van der Waals surface area contributed by atoms with Gasteiger partial charge >= 0.3 is 0 Å². The zero-order valence-corrected chi connectivity index (χ0v) is 11.8. The van der Waals surface area contributed by atoms with Crippen LogP contribution >= 0.6 is 11.3 Å². The number of hydrogen-bond donors (Lipinski definition) is 1. The van der Waals surface area contributed by atoms with Crippen LogP contribution in [0.25, 0.3) is 0 Å². The van der Waals surface area contributed by atoms with Crippen molar-refractivity contribution < 1.29 is 4.74 Å². The van der Waals surface area contributed by atoms with Gasteiger partial charge < -0.3 is 15.0 Å². The van der Waals surface area contributed by atoms with Crippen molar-refractivity contribution >= 4 is 11.3 Å². The third-order valence-electron chi connectivity index (χ3n) is 2.62. The lowest BCUT2D eigenvalue weighted by Gasteiger charge is -2.16. The van der Waals surface area contributed by atoms with Crippen LogP contribution in [0, 0.1) is 0 Å². The van der Waals surface area contributed by atoms with Crippen LogP contribution in [-0.2, 0) is 11.2 Å². The minimum Gasteiger partial charge on any atom is -0.380 e. The maximum Gasteiger partial charge on any atom is 0.0593 e. The van der Waals surface area contributed by atoms with E-state index < -0.39 is 0 Å². The number of nitrogens with one attached hydrogen (secondary N) is 1. The van der Waals surface area contributed by atoms with Crippen LogP contribution in [0.4, 0.5) is 0 Å². The first kappa shape index (κ1) is 14.6. The van der Waals surface area contributed by atoms with Gasteiger partial charge in [-0.05, 0) is 31.8 Å². The third-order valence-corrected chi connectivity index (χ3v) is 3.56. The van der Waals surface area contributed by atoms with E-state index in [4.69, 9.17) is 4.74 Å². The van der Waals surface area contributed by atoms with E-state index in [1.807, 2.05) is 18.3 Å². The van der Waals surface area contributed by atoms with E-state index in [9.17, 15) is 0 Å². The second-order valence-corrected chi connectivity index (χ2v) is 5.11. The molecule has 0 aliphatic carbocycles. The summed E-state index contributed by atoms with van der Waals surface area (Å²) in [4.78, 5) is 3.76. The maximum absolute atomic E-state index is 5.32.